The van der Waals surface area contributed by atoms with Crippen molar-refractivity contribution >= 4 is 5.91 Å². The molecular weight excluding hydrogens is 214 g/mol. The number of carbonyl (C=O) groups excluding carboxylic acids is 1. The quantitative estimate of drug-likeness (QED) is 0.800. The third-order valence-electron chi connectivity index (χ3n) is 3.02. The first-order valence-electron chi connectivity index (χ1n) is 6.24. The van der Waals surface area contributed by atoms with E-state index < -0.39 is 5.41 Å². The number of hydrogen-bond donors (Lipinski definition) is 2. The van der Waals surface area contributed by atoms with E-state index in [0.29, 0.717) is 0 Å². The maximum atomic E-state index is 12.1. The summed E-state index contributed by atoms with van der Waals surface area (Å²) in [5.41, 5.74) is -0.756. The maximum Gasteiger partial charge on any atom is 0.228 e. The van der Waals surface area contributed by atoms with E-state index in [2.05, 4.69) is 46.9 Å². The molecule has 17 heavy (non-hydrogen) atoms. The number of amides is 1. The fraction of sp³-hybridized carbons (Fsp3) is 0.929. The molecule has 0 aromatic rings. The lowest BCUT2D eigenvalue weighted by molar-refractivity contribution is -0.134. The van der Waals surface area contributed by atoms with E-state index >= 15 is 0 Å². The van der Waals surface area contributed by atoms with Gasteiger partial charge < -0.3 is 10.4 Å². The largest absolute Gasteiger partial charge is 0.395 e. The van der Waals surface area contributed by atoms with Crippen molar-refractivity contribution in [2.24, 2.45) is 16.2 Å². The summed E-state index contributed by atoms with van der Waals surface area (Å²) in [7, 11) is 0. The van der Waals surface area contributed by atoms with Gasteiger partial charge in [-0.2, -0.15) is 0 Å². The third kappa shape index (κ3) is 4.66. The monoisotopic (exact) mass is 243 g/mol. The van der Waals surface area contributed by atoms with Crippen LogP contribution < -0.4 is 5.32 Å². The van der Waals surface area contributed by atoms with Crippen molar-refractivity contribution in [2.75, 3.05) is 6.61 Å². The molecule has 0 radical (unpaired) electrons. The van der Waals surface area contributed by atoms with Crippen molar-refractivity contribution in [3.05, 3.63) is 0 Å². The van der Waals surface area contributed by atoms with Crippen molar-refractivity contribution in [3.63, 3.8) is 0 Å². The smallest absolute Gasteiger partial charge is 0.228 e. The summed E-state index contributed by atoms with van der Waals surface area (Å²) in [6, 6.07) is 0.0633. The molecule has 102 valence electrons. The Morgan fingerprint density at radius 1 is 1.00 bits per heavy atom. The van der Waals surface area contributed by atoms with Gasteiger partial charge >= 0.3 is 0 Å². The van der Waals surface area contributed by atoms with Gasteiger partial charge in [0.2, 0.25) is 5.91 Å². The first kappa shape index (κ1) is 16.4. The fourth-order valence-electron chi connectivity index (χ4n) is 2.13. The standard InChI is InChI=1S/C14H29NO2/c1-12(2,3)10(13(4,5)6)15-11(17)14(7,8)9-16/h10,16H,9H2,1-8H3,(H,15,17). The zero-order valence-electron chi connectivity index (χ0n) is 12.6. The highest BCUT2D eigenvalue weighted by Gasteiger charge is 2.38. The highest BCUT2D eigenvalue weighted by Crippen LogP contribution is 2.34. The van der Waals surface area contributed by atoms with Crippen LogP contribution in [0.25, 0.3) is 0 Å². The van der Waals surface area contributed by atoms with Gasteiger partial charge in [-0.05, 0) is 24.7 Å². The van der Waals surface area contributed by atoms with Gasteiger partial charge in [0.25, 0.3) is 0 Å². The highest BCUT2D eigenvalue weighted by molar-refractivity contribution is 5.82. The van der Waals surface area contributed by atoms with Gasteiger partial charge in [0, 0.05) is 6.04 Å². The van der Waals surface area contributed by atoms with Crippen LogP contribution in [0.2, 0.25) is 0 Å². The first-order chi connectivity index (χ1) is 7.32. The number of carbonyl (C=O) groups is 1. The summed E-state index contributed by atoms with van der Waals surface area (Å²) in [5, 5.41) is 12.3. The highest BCUT2D eigenvalue weighted by atomic mass is 16.3. The predicted molar refractivity (Wildman–Crippen MR) is 71.7 cm³/mol. The van der Waals surface area contributed by atoms with Crippen LogP contribution in [0.4, 0.5) is 0 Å². The summed E-state index contributed by atoms with van der Waals surface area (Å²) < 4.78 is 0. The molecule has 2 N–H and O–H groups in total. The van der Waals surface area contributed by atoms with Gasteiger partial charge in [0.15, 0.2) is 0 Å². The Bertz CT molecular complexity index is 255. The van der Waals surface area contributed by atoms with Crippen LogP contribution in [-0.4, -0.2) is 23.7 Å². The van der Waals surface area contributed by atoms with E-state index in [0.717, 1.165) is 0 Å². The Labute approximate surface area is 106 Å². The molecule has 0 saturated carbocycles. The lowest BCUT2D eigenvalue weighted by atomic mass is 9.71. The Morgan fingerprint density at radius 3 is 1.59 bits per heavy atom. The Balaban J connectivity index is 4.99. The number of nitrogens with one attached hydrogen (secondary N) is 1. The second-order valence-electron chi connectivity index (χ2n) is 7.68. The maximum absolute atomic E-state index is 12.1. The van der Waals surface area contributed by atoms with Crippen LogP contribution in [0.3, 0.4) is 0 Å². The van der Waals surface area contributed by atoms with E-state index in [4.69, 9.17) is 0 Å². The number of hydrogen-bond acceptors (Lipinski definition) is 2. The number of aliphatic hydroxyl groups excluding tert-OH is 1. The molecule has 0 heterocycles. The second-order valence-corrected chi connectivity index (χ2v) is 7.68. The van der Waals surface area contributed by atoms with E-state index in [1.807, 2.05) is 0 Å². The normalized spacial score (nSPS) is 14.0. The fourth-order valence-corrected chi connectivity index (χ4v) is 2.13. The van der Waals surface area contributed by atoms with Gasteiger partial charge in [0.1, 0.15) is 0 Å². The van der Waals surface area contributed by atoms with E-state index in [1.54, 1.807) is 13.8 Å². The average molecular weight is 243 g/mol. The van der Waals surface area contributed by atoms with Crippen molar-refractivity contribution in [3.8, 4) is 0 Å². The van der Waals surface area contributed by atoms with Gasteiger partial charge in [-0.3, -0.25) is 4.79 Å². The number of aliphatic hydroxyl groups is 1. The molecule has 0 aromatic carbocycles. The van der Waals surface area contributed by atoms with E-state index in [1.165, 1.54) is 0 Å². The van der Waals surface area contributed by atoms with E-state index in [-0.39, 0.29) is 29.4 Å². The minimum absolute atomic E-state index is 0.0144. The van der Waals surface area contributed by atoms with Crippen molar-refractivity contribution in [1.29, 1.82) is 0 Å². The zero-order chi connectivity index (χ0) is 14.1. The minimum atomic E-state index is -0.727. The van der Waals surface area contributed by atoms with Gasteiger partial charge in [-0.15, -0.1) is 0 Å². The molecule has 0 aromatic heterocycles. The molecule has 3 heteroatoms. The van der Waals surface area contributed by atoms with Crippen LogP contribution in [0.1, 0.15) is 55.4 Å². The molecule has 0 aliphatic heterocycles. The van der Waals surface area contributed by atoms with Gasteiger partial charge in [-0.1, -0.05) is 41.5 Å². The second kappa shape index (κ2) is 4.97. The van der Waals surface area contributed by atoms with Crippen LogP contribution >= 0.6 is 0 Å². The van der Waals surface area contributed by atoms with Gasteiger partial charge in [-0.25, -0.2) is 0 Å². The molecule has 0 bridgehead atoms. The van der Waals surface area contributed by atoms with Gasteiger partial charge in [0.05, 0.1) is 12.0 Å². The molecule has 0 unspecified atom stereocenters. The lowest BCUT2D eigenvalue weighted by Crippen LogP contribution is -2.55. The molecule has 0 rings (SSSR count). The van der Waals surface area contributed by atoms with Crippen LogP contribution in [0.5, 0.6) is 0 Å². The SMILES string of the molecule is CC(C)(CO)C(=O)NC(C(C)(C)C)C(C)(C)C. The molecule has 0 saturated heterocycles. The molecule has 0 spiro atoms. The molecule has 0 fully saturated rings. The predicted octanol–water partition coefficient (Wildman–Crippen LogP) is 2.58. The molecule has 1 amide bonds. The van der Waals surface area contributed by atoms with Crippen molar-refractivity contribution in [1.82, 2.24) is 5.32 Å². The van der Waals surface area contributed by atoms with Crippen LogP contribution in [-0.2, 0) is 4.79 Å². The van der Waals surface area contributed by atoms with Crippen molar-refractivity contribution < 1.29 is 9.90 Å². The Hall–Kier alpha value is -0.570. The van der Waals surface area contributed by atoms with Crippen LogP contribution in [0, 0.1) is 16.2 Å². The Morgan fingerprint density at radius 2 is 1.35 bits per heavy atom. The molecular formula is C14H29NO2. The Kier molecular flexibility index (Phi) is 4.80. The van der Waals surface area contributed by atoms with Crippen LogP contribution in [0.15, 0.2) is 0 Å². The average Bonchev–Trinajstić information content (AvgIpc) is 2.09. The molecule has 3 nitrogen and oxygen atoms in total. The first-order valence-corrected chi connectivity index (χ1v) is 6.24. The third-order valence-corrected chi connectivity index (χ3v) is 3.02. The molecule has 0 aliphatic carbocycles. The lowest BCUT2D eigenvalue weighted by Gasteiger charge is -2.42. The summed E-state index contributed by atoms with van der Waals surface area (Å²) in [5.74, 6) is -0.0881. The van der Waals surface area contributed by atoms with E-state index in [9.17, 15) is 9.90 Å². The topological polar surface area (TPSA) is 49.3 Å². The molecule has 0 aliphatic rings. The summed E-state index contributed by atoms with van der Waals surface area (Å²) in [4.78, 5) is 12.1. The summed E-state index contributed by atoms with van der Waals surface area (Å²) >= 11 is 0. The minimum Gasteiger partial charge on any atom is -0.395 e. The molecule has 0 atom stereocenters. The summed E-state index contributed by atoms with van der Waals surface area (Å²) in [6.07, 6.45) is 0. The van der Waals surface area contributed by atoms with Crippen molar-refractivity contribution in [2.45, 2.75) is 61.4 Å². The number of rotatable bonds is 3. The zero-order valence-corrected chi connectivity index (χ0v) is 12.6. The summed E-state index contributed by atoms with van der Waals surface area (Å²) in [6.45, 7) is 16.1.